The predicted molar refractivity (Wildman–Crippen MR) is 82.8 cm³/mol. The minimum absolute atomic E-state index is 0.197. The zero-order valence-electron chi connectivity index (χ0n) is 12.4. The molecule has 0 aliphatic heterocycles. The molecule has 23 heavy (non-hydrogen) atoms. The van der Waals surface area contributed by atoms with Crippen LogP contribution >= 0.6 is 11.3 Å². The van der Waals surface area contributed by atoms with Gasteiger partial charge in [-0.3, -0.25) is 4.79 Å². The summed E-state index contributed by atoms with van der Waals surface area (Å²) >= 11 is 1.20. The van der Waals surface area contributed by atoms with Gasteiger partial charge in [0.05, 0.1) is 7.11 Å². The van der Waals surface area contributed by atoms with Crippen LogP contribution in [-0.4, -0.2) is 29.1 Å². The van der Waals surface area contributed by atoms with Crippen molar-refractivity contribution < 1.29 is 18.3 Å². The number of amides is 1. The first kappa shape index (κ1) is 15.8. The van der Waals surface area contributed by atoms with Crippen molar-refractivity contribution in [2.45, 2.75) is 25.2 Å². The van der Waals surface area contributed by atoms with E-state index in [-0.39, 0.29) is 12.8 Å². The van der Waals surface area contributed by atoms with E-state index in [1.54, 1.807) is 19.2 Å². The van der Waals surface area contributed by atoms with Gasteiger partial charge >= 0.3 is 0 Å². The predicted octanol–water partition coefficient (Wildman–Crippen LogP) is 3.59. The lowest BCUT2D eigenvalue weighted by molar-refractivity contribution is -0.120. The van der Waals surface area contributed by atoms with E-state index in [0.29, 0.717) is 10.1 Å². The van der Waals surface area contributed by atoms with Crippen LogP contribution in [0.3, 0.4) is 0 Å². The Bertz CT molecular complexity index is 703. The molecule has 0 bridgehead atoms. The highest BCUT2D eigenvalue weighted by Gasteiger charge is 2.42. The van der Waals surface area contributed by atoms with Crippen molar-refractivity contribution in [3.8, 4) is 16.3 Å². The Labute approximate surface area is 135 Å². The third-order valence-electron chi connectivity index (χ3n) is 3.77. The third-order valence-corrected chi connectivity index (χ3v) is 4.65. The van der Waals surface area contributed by atoms with Gasteiger partial charge in [0.15, 0.2) is 0 Å². The Morgan fingerprint density at radius 2 is 2.09 bits per heavy atom. The van der Waals surface area contributed by atoms with E-state index in [0.717, 1.165) is 11.3 Å². The number of carbonyl (C=O) groups is 1. The summed E-state index contributed by atoms with van der Waals surface area (Å²) in [5.41, 5.74) is 0.844. The second kappa shape index (κ2) is 6.19. The van der Waals surface area contributed by atoms with E-state index in [2.05, 4.69) is 15.5 Å². The Morgan fingerprint density at radius 1 is 1.35 bits per heavy atom. The quantitative estimate of drug-likeness (QED) is 0.924. The van der Waals surface area contributed by atoms with Crippen LogP contribution in [0.4, 0.5) is 13.9 Å². The second-order valence-corrected chi connectivity index (χ2v) is 6.40. The first-order valence-electron chi connectivity index (χ1n) is 7.13. The zero-order valence-corrected chi connectivity index (χ0v) is 13.2. The van der Waals surface area contributed by atoms with E-state index in [4.69, 9.17) is 4.74 Å². The number of hydrogen-bond donors (Lipinski definition) is 1. The van der Waals surface area contributed by atoms with Crippen LogP contribution in [-0.2, 0) is 4.79 Å². The molecule has 1 aliphatic carbocycles. The number of aromatic nitrogens is 2. The molecule has 1 saturated carbocycles. The molecule has 0 saturated heterocycles. The normalized spacial score (nSPS) is 19.5. The van der Waals surface area contributed by atoms with E-state index in [1.807, 2.05) is 12.1 Å². The molecular weight excluding hydrogens is 324 g/mol. The van der Waals surface area contributed by atoms with E-state index in [1.165, 1.54) is 11.3 Å². The number of nitrogens with one attached hydrogen (secondary N) is 1. The van der Waals surface area contributed by atoms with Gasteiger partial charge in [0, 0.05) is 24.3 Å². The number of anilines is 1. The number of methoxy groups -OCH3 is 1. The topological polar surface area (TPSA) is 64.1 Å². The molecule has 5 nitrogen and oxygen atoms in total. The van der Waals surface area contributed by atoms with Gasteiger partial charge < -0.3 is 10.1 Å². The van der Waals surface area contributed by atoms with Gasteiger partial charge in [0.1, 0.15) is 10.8 Å². The average Bonchev–Trinajstić information content (AvgIpc) is 3.14. The fourth-order valence-electron chi connectivity index (χ4n) is 2.51. The molecule has 1 aromatic heterocycles. The van der Waals surface area contributed by atoms with Crippen molar-refractivity contribution in [1.29, 1.82) is 0 Å². The number of halogens is 2. The fraction of sp³-hybridized carbons (Fsp3) is 0.400. The lowest BCUT2D eigenvalue weighted by atomic mass is 10.1. The van der Waals surface area contributed by atoms with Gasteiger partial charge in [0.2, 0.25) is 17.0 Å². The maximum Gasteiger partial charge on any atom is 0.248 e. The van der Waals surface area contributed by atoms with E-state index in [9.17, 15) is 13.6 Å². The summed E-state index contributed by atoms with van der Waals surface area (Å²) < 4.78 is 31.4. The second-order valence-electron chi connectivity index (χ2n) is 5.43. The molecule has 1 fully saturated rings. The van der Waals surface area contributed by atoms with Crippen LogP contribution in [0, 0.1) is 5.92 Å². The molecule has 1 N–H and O–H groups in total. The molecule has 0 radical (unpaired) electrons. The van der Waals surface area contributed by atoms with Crippen molar-refractivity contribution >= 4 is 22.4 Å². The van der Waals surface area contributed by atoms with Gasteiger partial charge in [-0.15, -0.1) is 10.2 Å². The van der Waals surface area contributed by atoms with Crippen molar-refractivity contribution in [2.24, 2.45) is 5.92 Å². The zero-order chi connectivity index (χ0) is 16.4. The molecule has 3 rings (SSSR count). The van der Waals surface area contributed by atoms with Crippen molar-refractivity contribution in [1.82, 2.24) is 10.2 Å². The summed E-state index contributed by atoms with van der Waals surface area (Å²) in [6.45, 7) is 0. The fourth-order valence-corrected chi connectivity index (χ4v) is 3.26. The number of nitrogens with zero attached hydrogens (tertiary/aromatic N) is 2. The number of alkyl halides is 2. The van der Waals surface area contributed by atoms with E-state index >= 15 is 0 Å². The molecule has 0 spiro atoms. The number of benzene rings is 1. The van der Waals surface area contributed by atoms with Crippen molar-refractivity contribution in [2.75, 3.05) is 12.4 Å². The molecule has 1 aromatic carbocycles. The number of rotatable bonds is 4. The van der Waals surface area contributed by atoms with Crippen LogP contribution < -0.4 is 10.1 Å². The number of carbonyl (C=O) groups excluding carboxylic acids is 1. The summed E-state index contributed by atoms with van der Waals surface area (Å²) in [5.74, 6) is -3.09. The highest BCUT2D eigenvalue weighted by Crippen LogP contribution is 2.39. The van der Waals surface area contributed by atoms with Crippen LogP contribution in [0.25, 0.3) is 10.6 Å². The first-order valence-corrected chi connectivity index (χ1v) is 7.95. The van der Waals surface area contributed by atoms with Crippen LogP contribution in [0.1, 0.15) is 19.3 Å². The highest BCUT2D eigenvalue weighted by molar-refractivity contribution is 7.18. The van der Waals surface area contributed by atoms with E-state index < -0.39 is 24.2 Å². The molecule has 122 valence electrons. The van der Waals surface area contributed by atoms with Crippen LogP contribution in [0.15, 0.2) is 24.3 Å². The minimum atomic E-state index is -2.74. The maximum absolute atomic E-state index is 13.2. The molecule has 8 heteroatoms. The Kier molecular flexibility index (Phi) is 4.25. The van der Waals surface area contributed by atoms with Gasteiger partial charge in [-0.1, -0.05) is 11.3 Å². The van der Waals surface area contributed by atoms with Gasteiger partial charge in [-0.25, -0.2) is 8.78 Å². The number of ether oxygens (including phenoxy) is 1. The largest absolute Gasteiger partial charge is 0.497 e. The standard InChI is InChI=1S/C15H15F2N3O2S/c1-22-11-4-2-9(3-5-11)13-19-20-14(23-13)18-12(21)10-6-7-15(16,17)8-10/h2-5,10H,6-8H2,1H3,(H,18,20,21). The van der Waals surface area contributed by atoms with Crippen molar-refractivity contribution in [3.05, 3.63) is 24.3 Å². The lowest BCUT2D eigenvalue weighted by Crippen LogP contribution is -2.22. The maximum atomic E-state index is 13.2. The van der Waals surface area contributed by atoms with Crippen LogP contribution in [0.5, 0.6) is 5.75 Å². The summed E-state index contributed by atoms with van der Waals surface area (Å²) in [5, 5.41) is 11.5. The summed E-state index contributed by atoms with van der Waals surface area (Å²) in [7, 11) is 1.58. The molecule has 1 unspecified atom stereocenters. The highest BCUT2D eigenvalue weighted by atomic mass is 32.1. The van der Waals surface area contributed by atoms with Gasteiger partial charge in [-0.05, 0) is 30.7 Å². The summed E-state index contributed by atoms with van der Waals surface area (Å²) in [6, 6.07) is 7.27. The minimum Gasteiger partial charge on any atom is -0.497 e. The molecule has 1 aliphatic rings. The average molecular weight is 339 g/mol. The molecule has 2 aromatic rings. The molecule has 1 amide bonds. The smallest absolute Gasteiger partial charge is 0.248 e. The first-order chi connectivity index (χ1) is 11.0. The van der Waals surface area contributed by atoms with Crippen LogP contribution in [0.2, 0.25) is 0 Å². The molecule has 1 heterocycles. The van der Waals surface area contributed by atoms with Gasteiger partial charge in [-0.2, -0.15) is 0 Å². The Morgan fingerprint density at radius 3 is 2.70 bits per heavy atom. The molecular formula is C15H15F2N3O2S. The van der Waals surface area contributed by atoms with Crippen molar-refractivity contribution in [3.63, 3.8) is 0 Å². The van der Waals surface area contributed by atoms with Gasteiger partial charge in [0.25, 0.3) is 0 Å². The number of hydrogen-bond acceptors (Lipinski definition) is 5. The summed E-state index contributed by atoms with van der Waals surface area (Å²) in [6.07, 6.45) is -0.440. The summed E-state index contributed by atoms with van der Waals surface area (Å²) in [4.78, 5) is 12.0. The lowest BCUT2D eigenvalue weighted by Gasteiger charge is -2.09. The SMILES string of the molecule is COc1ccc(-c2nnc(NC(=O)C3CCC(F)(F)C3)s2)cc1. The molecule has 1 atom stereocenters. The third kappa shape index (κ3) is 3.64. The Hall–Kier alpha value is -2.09. The monoisotopic (exact) mass is 339 g/mol. The Balaban J connectivity index is 1.66.